The predicted octanol–water partition coefficient (Wildman–Crippen LogP) is 1.90. The van der Waals surface area contributed by atoms with Crippen LogP contribution in [0.25, 0.3) is 0 Å². The highest BCUT2D eigenvalue weighted by Gasteiger charge is 2.22. The summed E-state index contributed by atoms with van der Waals surface area (Å²) < 4.78 is 27.2. The zero-order valence-corrected chi connectivity index (χ0v) is 13.5. The summed E-state index contributed by atoms with van der Waals surface area (Å²) in [5.74, 6) is 0.341. The average Bonchev–Trinajstić information content (AvgIpc) is 2.40. The van der Waals surface area contributed by atoms with E-state index in [4.69, 9.17) is 0 Å². The van der Waals surface area contributed by atoms with Crippen molar-refractivity contribution in [3.63, 3.8) is 0 Å². The fourth-order valence-electron chi connectivity index (χ4n) is 2.28. The summed E-state index contributed by atoms with van der Waals surface area (Å²) in [4.78, 5) is 4.04. The minimum Gasteiger partial charge on any atom is -0.316 e. The molecule has 1 rings (SSSR count). The topological polar surface area (TPSA) is 71.1 Å². The van der Waals surface area contributed by atoms with Gasteiger partial charge in [0.25, 0.3) is 10.0 Å². The standard InChI is InChI=1S/C14H25N3O2S/c1-5-13(6-2)11(3)17-20(18,19)14-8-7-12(9-15-4)10-16-14/h7-8,10-11,13,15,17H,5-6,9H2,1-4H3. The lowest BCUT2D eigenvalue weighted by atomic mass is 9.96. The monoisotopic (exact) mass is 299 g/mol. The molecule has 0 aliphatic heterocycles. The van der Waals surface area contributed by atoms with Crippen LogP contribution < -0.4 is 10.0 Å². The maximum absolute atomic E-state index is 12.3. The van der Waals surface area contributed by atoms with E-state index < -0.39 is 10.0 Å². The molecule has 0 aromatic carbocycles. The Morgan fingerprint density at radius 2 is 1.90 bits per heavy atom. The second-order valence-corrected chi connectivity index (χ2v) is 6.68. The SMILES string of the molecule is CCC(CC)C(C)NS(=O)(=O)c1ccc(CNC)cn1. The number of nitrogens with zero attached hydrogens (tertiary/aromatic N) is 1. The van der Waals surface area contributed by atoms with E-state index in [1.165, 1.54) is 0 Å². The van der Waals surface area contributed by atoms with Gasteiger partial charge in [0.05, 0.1) is 0 Å². The molecule has 0 fully saturated rings. The number of hydrogen-bond acceptors (Lipinski definition) is 4. The Kier molecular flexibility index (Phi) is 6.58. The van der Waals surface area contributed by atoms with Crippen LogP contribution in [0.3, 0.4) is 0 Å². The van der Waals surface area contributed by atoms with Gasteiger partial charge in [-0.3, -0.25) is 0 Å². The zero-order chi connectivity index (χ0) is 15.2. The minimum absolute atomic E-state index is 0.0789. The molecule has 0 saturated carbocycles. The van der Waals surface area contributed by atoms with Crippen molar-refractivity contribution in [2.45, 2.75) is 51.2 Å². The smallest absolute Gasteiger partial charge is 0.258 e. The molecular weight excluding hydrogens is 274 g/mol. The Bertz CT molecular complexity index is 496. The van der Waals surface area contributed by atoms with Crippen LogP contribution in [0.1, 0.15) is 39.2 Å². The Labute approximate surface area is 122 Å². The van der Waals surface area contributed by atoms with Crippen LogP contribution in [-0.2, 0) is 16.6 Å². The molecule has 0 aliphatic carbocycles. The van der Waals surface area contributed by atoms with Gasteiger partial charge in [-0.25, -0.2) is 18.1 Å². The first kappa shape index (κ1) is 17.1. The van der Waals surface area contributed by atoms with E-state index in [0.717, 1.165) is 18.4 Å². The predicted molar refractivity (Wildman–Crippen MR) is 80.9 cm³/mol. The van der Waals surface area contributed by atoms with Crippen LogP contribution in [0.4, 0.5) is 0 Å². The molecule has 2 N–H and O–H groups in total. The first-order valence-corrected chi connectivity index (χ1v) is 8.54. The first-order chi connectivity index (χ1) is 9.44. The normalized spacial score (nSPS) is 13.7. The van der Waals surface area contributed by atoms with Gasteiger partial charge in [-0.05, 0) is 31.5 Å². The van der Waals surface area contributed by atoms with Crippen molar-refractivity contribution < 1.29 is 8.42 Å². The Morgan fingerprint density at radius 3 is 2.35 bits per heavy atom. The molecule has 1 heterocycles. The highest BCUT2D eigenvalue weighted by Crippen LogP contribution is 2.15. The van der Waals surface area contributed by atoms with Crippen LogP contribution in [-0.4, -0.2) is 26.5 Å². The molecule has 6 heteroatoms. The molecule has 1 aromatic rings. The lowest BCUT2D eigenvalue weighted by Crippen LogP contribution is -2.38. The summed E-state index contributed by atoms with van der Waals surface area (Å²) in [5.41, 5.74) is 0.958. The van der Waals surface area contributed by atoms with Crippen molar-refractivity contribution >= 4 is 10.0 Å². The summed E-state index contributed by atoms with van der Waals surface area (Å²) in [5, 5.41) is 3.08. The molecule has 5 nitrogen and oxygen atoms in total. The van der Waals surface area contributed by atoms with Crippen molar-refractivity contribution in [1.82, 2.24) is 15.0 Å². The van der Waals surface area contributed by atoms with E-state index in [2.05, 4.69) is 28.9 Å². The van der Waals surface area contributed by atoms with Crippen molar-refractivity contribution in [2.75, 3.05) is 7.05 Å². The number of rotatable bonds is 8. The lowest BCUT2D eigenvalue weighted by Gasteiger charge is -2.22. The number of sulfonamides is 1. The molecular formula is C14H25N3O2S. The Hall–Kier alpha value is -0.980. The highest BCUT2D eigenvalue weighted by molar-refractivity contribution is 7.89. The molecule has 20 heavy (non-hydrogen) atoms. The summed E-state index contributed by atoms with van der Waals surface area (Å²) >= 11 is 0. The van der Waals surface area contributed by atoms with Crippen molar-refractivity contribution in [3.8, 4) is 0 Å². The van der Waals surface area contributed by atoms with Gasteiger partial charge in [0.1, 0.15) is 0 Å². The van der Waals surface area contributed by atoms with E-state index in [1.807, 2.05) is 14.0 Å². The van der Waals surface area contributed by atoms with E-state index in [9.17, 15) is 8.42 Å². The molecule has 114 valence electrons. The van der Waals surface area contributed by atoms with Gasteiger partial charge >= 0.3 is 0 Å². The molecule has 0 spiro atoms. The summed E-state index contributed by atoms with van der Waals surface area (Å²) in [6.45, 7) is 6.73. The molecule has 0 bridgehead atoms. The Morgan fingerprint density at radius 1 is 1.25 bits per heavy atom. The van der Waals surface area contributed by atoms with E-state index >= 15 is 0 Å². The molecule has 1 atom stereocenters. The molecule has 0 amide bonds. The fraction of sp³-hybridized carbons (Fsp3) is 0.643. The van der Waals surface area contributed by atoms with Gasteiger partial charge < -0.3 is 5.32 Å². The summed E-state index contributed by atoms with van der Waals surface area (Å²) in [6, 6.07) is 3.24. The van der Waals surface area contributed by atoms with E-state index in [-0.39, 0.29) is 11.1 Å². The van der Waals surface area contributed by atoms with Gasteiger partial charge in [0.15, 0.2) is 5.03 Å². The van der Waals surface area contributed by atoms with Crippen LogP contribution in [0, 0.1) is 5.92 Å². The van der Waals surface area contributed by atoms with Crippen LogP contribution in [0.5, 0.6) is 0 Å². The first-order valence-electron chi connectivity index (χ1n) is 7.06. The second kappa shape index (κ2) is 7.71. The Balaban J connectivity index is 2.82. The number of pyridine rings is 1. The number of hydrogen-bond donors (Lipinski definition) is 2. The second-order valence-electron chi connectivity index (χ2n) is 5.02. The lowest BCUT2D eigenvalue weighted by molar-refractivity contribution is 0.390. The van der Waals surface area contributed by atoms with Gasteiger partial charge in [0, 0.05) is 18.8 Å². The van der Waals surface area contributed by atoms with Crippen molar-refractivity contribution in [1.29, 1.82) is 0 Å². The third kappa shape index (κ3) is 4.54. The third-order valence-electron chi connectivity index (χ3n) is 3.55. The molecule has 0 aliphatic rings. The van der Waals surface area contributed by atoms with E-state index in [0.29, 0.717) is 12.5 Å². The van der Waals surface area contributed by atoms with Gasteiger partial charge in [-0.1, -0.05) is 32.8 Å². The third-order valence-corrected chi connectivity index (χ3v) is 5.02. The number of aromatic nitrogens is 1. The van der Waals surface area contributed by atoms with E-state index in [1.54, 1.807) is 18.3 Å². The minimum atomic E-state index is -3.54. The van der Waals surface area contributed by atoms with Crippen molar-refractivity contribution in [2.24, 2.45) is 5.92 Å². The van der Waals surface area contributed by atoms with Gasteiger partial charge in [0.2, 0.25) is 0 Å². The molecule has 1 unspecified atom stereocenters. The highest BCUT2D eigenvalue weighted by atomic mass is 32.2. The zero-order valence-electron chi connectivity index (χ0n) is 12.7. The average molecular weight is 299 g/mol. The molecule has 1 aromatic heterocycles. The fourth-order valence-corrected chi connectivity index (χ4v) is 3.52. The largest absolute Gasteiger partial charge is 0.316 e. The van der Waals surface area contributed by atoms with Gasteiger partial charge in [-0.2, -0.15) is 0 Å². The quantitative estimate of drug-likeness (QED) is 0.769. The maximum atomic E-state index is 12.3. The van der Waals surface area contributed by atoms with Crippen LogP contribution in [0.15, 0.2) is 23.4 Å². The van der Waals surface area contributed by atoms with Crippen molar-refractivity contribution in [3.05, 3.63) is 23.9 Å². The van der Waals surface area contributed by atoms with Crippen LogP contribution in [0.2, 0.25) is 0 Å². The number of nitrogens with one attached hydrogen (secondary N) is 2. The maximum Gasteiger partial charge on any atom is 0.258 e. The molecule has 0 saturated heterocycles. The summed E-state index contributed by atoms with van der Waals surface area (Å²) in [6.07, 6.45) is 3.50. The molecule has 0 radical (unpaired) electrons. The summed E-state index contributed by atoms with van der Waals surface area (Å²) in [7, 11) is -1.70. The van der Waals surface area contributed by atoms with Crippen LogP contribution >= 0.6 is 0 Å². The van der Waals surface area contributed by atoms with Gasteiger partial charge in [-0.15, -0.1) is 0 Å².